The van der Waals surface area contributed by atoms with Crippen molar-refractivity contribution in [2.45, 2.75) is 0 Å². The highest BCUT2D eigenvalue weighted by atomic mass is 16.5. The van der Waals surface area contributed by atoms with E-state index in [-0.39, 0.29) is 18.1 Å². The highest BCUT2D eigenvalue weighted by molar-refractivity contribution is 5.09. The quantitative estimate of drug-likeness (QED) is 0.559. The van der Waals surface area contributed by atoms with Gasteiger partial charge in [0.25, 0.3) is 0 Å². The molecule has 0 spiro atoms. The third kappa shape index (κ3) is 0.707. The molecule has 1 heterocycles. The lowest BCUT2D eigenvalue weighted by Crippen LogP contribution is -1.75. The molecule has 0 atom stereocenters. The van der Waals surface area contributed by atoms with Gasteiger partial charge in [-0.25, -0.2) is 0 Å². The Kier molecular flexibility index (Phi) is 0.291. The third-order valence-corrected chi connectivity index (χ3v) is 0.485. The molecule has 0 radical (unpaired) electrons. The van der Waals surface area contributed by atoms with Crippen molar-refractivity contribution in [2.24, 2.45) is 0 Å². The molecule has 0 unspecified atom stereocenters. The van der Waals surface area contributed by atoms with E-state index in [2.05, 4.69) is 14.9 Å². The molecule has 3 heteroatoms. The number of nitrogens with one attached hydrogen (secondary N) is 1. The van der Waals surface area contributed by atoms with E-state index in [1.807, 2.05) is 0 Å². The smallest absolute Gasteiger partial charge is 0.156 e. The van der Waals surface area contributed by atoms with Crippen LogP contribution in [0.4, 0.5) is 0 Å². The monoisotopic (exact) mass is 103 g/mol. The van der Waals surface area contributed by atoms with Gasteiger partial charge in [-0.15, -0.1) is 0 Å². The van der Waals surface area contributed by atoms with Crippen molar-refractivity contribution < 1.29 is 11.6 Å². The van der Waals surface area contributed by atoms with Gasteiger partial charge in [-0.05, 0) is 0 Å². The van der Waals surface area contributed by atoms with Gasteiger partial charge in [0.15, 0.2) is 5.75 Å². The molecule has 0 aliphatic rings. The van der Waals surface area contributed by atoms with Crippen LogP contribution in [0.3, 0.4) is 0 Å². The fraction of sp³-hybridized carbons (Fsp3) is 0.250. The summed E-state index contributed by atoms with van der Waals surface area (Å²) in [6.45, 7) is 0. The number of aromatic amines is 1. The number of ether oxygens (including phenoxy) is 1. The molecule has 0 bridgehead atoms. The van der Waals surface area contributed by atoms with E-state index >= 15 is 0 Å². The van der Waals surface area contributed by atoms with Crippen molar-refractivity contribution in [1.29, 1.82) is 0 Å². The molecule has 0 aliphatic carbocycles. The van der Waals surface area contributed by atoms with Gasteiger partial charge >= 0.3 is 0 Å². The topological polar surface area (TPSA) is 37.9 Å². The predicted molar refractivity (Wildman–Crippen MR) is 25.1 cm³/mol. The van der Waals surface area contributed by atoms with Crippen LogP contribution < -0.4 is 4.74 Å². The predicted octanol–water partition coefficient (Wildman–Crippen LogP) is 0.418. The summed E-state index contributed by atoms with van der Waals surface area (Å²) in [6.07, 6.45) is -0.688. The lowest BCUT2D eigenvalue weighted by molar-refractivity contribution is 0.415. The summed E-state index contributed by atoms with van der Waals surface area (Å²) in [4.78, 5) is 0. The van der Waals surface area contributed by atoms with Gasteiger partial charge in [0.05, 0.1) is 26.2 Å². The van der Waals surface area contributed by atoms with Gasteiger partial charge < -0.3 is 4.74 Å². The molecule has 7 heavy (non-hydrogen) atoms. The van der Waals surface area contributed by atoms with Crippen LogP contribution in [0.5, 0.6) is 5.75 Å². The minimum atomic E-state index is -2.64. The first-order valence-corrected chi connectivity index (χ1v) is 1.61. The van der Waals surface area contributed by atoms with Gasteiger partial charge in [-0.2, -0.15) is 5.10 Å². The summed E-state index contributed by atoms with van der Waals surface area (Å²) in [6, 6.07) is 0. The van der Waals surface area contributed by atoms with Crippen molar-refractivity contribution in [3.63, 3.8) is 0 Å². The fourth-order valence-corrected chi connectivity index (χ4v) is 0.234. The second-order valence-corrected chi connectivity index (χ2v) is 0.892. The molecule has 0 aromatic carbocycles. The first-order chi connectivity index (χ1) is 5.40. The number of hydrogen-bond donors (Lipinski definition) is 1. The highest BCUT2D eigenvalue weighted by Crippen LogP contribution is 2.00. The average Bonchev–Trinajstić information content (AvgIpc) is 2.16. The molecule has 0 fully saturated rings. The normalized spacial score (nSPS) is 20.9. The van der Waals surface area contributed by atoms with Crippen LogP contribution in [0.2, 0.25) is 0 Å². The molecule has 0 aliphatic heterocycles. The second-order valence-electron chi connectivity index (χ2n) is 0.892. The standard InChI is InChI=1S/C4H6N2O/c1-7-4-2-5-6-3-4/h2-3H,1H3,(H,5,6)/i1D3,2D,3D. The molecule has 0 amide bonds. The maximum atomic E-state index is 7.06. The lowest BCUT2D eigenvalue weighted by atomic mass is 10.7. The zero-order chi connectivity index (χ0) is 9.35. The zero-order valence-electron chi connectivity index (χ0n) is 8.36. The molecule has 1 rings (SSSR count). The number of H-pyrrole nitrogens is 1. The van der Waals surface area contributed by atoms with E-state index in [0.717, 1.165) is 0 Å². The van der Waals surface area contributed by atoms with E-state index in [9.17, 15) is 0 Å². The third-order valence-electron chi connectivity index (χ3n) is 0.485. The molecule has 0 saturated carbocycles. The van der Waals surface area contributed by atoms with Crippen molar-refractivity contribution in [2.75, 3.05) is 7.04 Å². The summed E-state index contributed by atoms with van der Waals surface area (Å²) in [5, 5.41) is 5.39. The van der Waals surface area contributed by atoms with Crippen LogP contribution in [-0.4, -0.2) is 17.2 Å². The molecule has 1 N–H and O–H groups in total. The van der Waals surface area contributed by atoms with Gasteiger partial charge in [-0.3, -0.25) is 5.10 Å². The number of nitrogens with zero attached hydrogens (tertiary/aromatic N) is 1. The number of methoxy groups -OCH3 is 1. The molecule has 38 valence electrons. The Bertz CT molecular complexity index is 260. The van der Waals surface area contributed by atoms with Gasteiger partial charge in [0.1, 0.15) is 0 Å². The van der Waals surface area contributed by atoms with E-state index in [4.69, 9.17) is 6.85 Å². The molecule has 3 nitrogen and oxygen atoms in total. The SMILES string of the molecule is [2H]c1n[nH]c([2H])c1OC([2H])([2H])[2H]. The summed E-state index contributed by atoms with van der Waals surface area (Å²) < 4.78 is 38.5. The average molecular weight is 103 g/mol. The van der Waals surface area contributed by atoms with Gasteiger partial charge in [0, 0.05) is 0 Å². The molecule has 1 aromatic rings. The largest absolute Gasteiger partial charge is 0.493 e. The van der Waals surface area contributed by atoms with Crippen LogP contribution in [-0.2, 0) is 0 Å². The maximum absolute atomic E-state index is 7.06. The Morgan fingerprint density at radius 2 is 3.29 bits per heavy atom. The second kappa shape index (κ2) is 1.64. The van der Waals surface area contributed by atoms with E-state index in [1.54, 1.807) is 0 Å². The summed E-state index contributed by atoms with van der Waals surface area (Å²) in [5.41, 5.74) is 0. The van der Waals surface area contributed by atoms with E-state index in [1.165, 1.54) is 0 Å². The van der Waals surface area contributed by atoms with Crippen LogP contribution in [0, 0.1) is 0 Å². The van der Waals surface area contributed by atoms with Crippen molar-refractivity contribution in [1.82, 2.24) is 10.2 Å². The lowest BCUT2D eigenvalue weighted by Gasteiger charge is -1.85. The van der Waals surface area contributed by atoms with Gasteiger partial charge in [-0.1, -0.05) is 0 Å². The van der Waals surface area contributed by atoms with E-state index in [0.29, 0.717) is 0 Å². The summed E-state index contributed by atoms with van der Waals surface area (Å²) in [7, 11) is -2.64. The van der Waals surface area contributed by atoms with E-state index < -0.39 is 7.04 Å². The first-order valence-electron chi connectivity index (χ1n) is 4.11. The number of rotatable bonds is 1. The Balaban J connectivity index is 2.88. The Labute approximate surface area is 48.3 Å². The molecule has 0 saturated heterocycles. The summed E-state index contributed by atoms with van der Waals surface area (Å²) in [5.74, 6) is -0.352. The Hall–Kier alpha value is -0.990. The van der Waals surface area contributed by atoms with Crippen LogP contribution in [0.25, 0.3) is 0 Å². The Morgan fingerprint density at radius 1 is 2.29 bits per heavy atom. The summed E-state index contributed by atoms with van der Waals surface area (Å²) >= 11 is 0. The van der Waals surface area contributed by atoms with Crippen molar-refractivity contribution in [3.8, 4) is 5.75 Å². The van der Waals surface area contributed by atoms with Crippen molar-refractivity contribution in [3.05, 3.63) is 12.3 Å². The number of hydrogen-bond acceptors (Lipinski definition) is 2. The zero-order valence-corrected chi connectivity index (χ0v) is 3.36. The minimum absolute atomic E-state index is 0.309. The van der Waals surface area contributed by atoms with Gasteiger partial charge in [0.2, 0.25) is 0 Å². The molecule has 1 aromatic heterocycles. The Morgan fingerprint density at radius 3 is 3.86 bits per heavy atom. The minimum Gasteiger partial charge on any atom is -0.493 e. The first kappa shape index (κ1) is 1.24. The van der Waals surface area contributed by atoms with Crippen LogP contribution in [0.15, 0.2) is 12.3 Å². The maximum Gasteiger partial charge on any atom is 0.156 e. The fourth-order valence-electron chi connectivity index (χ4n) is 0.234. The molecular weight excluding hydrogens is 92.1 g/mol. The highest BCUT2D eigenvalue weighted by Gasteiger charge is 1.83. The molecular formula is C4H6N2O. The van der Waals surface area contributed by atoms with Crippen LogP contribution in [0.1, 0.15) is 6.85 Å². The van der Waals surface area contributed by atoms with Crippen molar-refractivity contribution >= 4 is 0 Å². The van der Waals surface area contributed by atoms with Crippen LogP contribution >= 0.6 is 0 Å². The number of aromatic nitrogens is 2.